The van der Waals surface area contributed by atoms with Crippen LogP contribution in [0.2, 0.25) is 0 Å². The fourth-order valence-electron chi connectivity index (χ4n) is 2.00. The highest BCUT2D eigenvalue weighted by molar-refractivity contribution is 5.97. The molecule has 0 spiro atoms. The molecule has 0 atom stereocenters. The van der Waals surface area contributed by atoms with Crippen LogP contribution in [0.15, 0.2) is 29.4 Å². The van der Waals surface area contributed by atoms with E-state index in [0.29, 0.717) is 0 Å². The molecule has 3 N–H and O–H groups in total. The van der Waals surface area contributed by atoms with Gasteiger partial charge in [-0.3, -0.25) is 0 Å². The van der Waals surface area contributed by atoms with Crippen LogP contribution in [0.5, 0.6) is 0 Å². The summed E-state index contributed by atoms with van der Waals surface area (Å²) in [6, 6.07) is 7.82. The smallest absolute Gasteiger partial charge is 0.170 e. The normalized spacial score (nSPS) is 16.5. The first-order valence-corrected chi connectivity index (χ1v) is 5.94. The van der Waals surface area contributed by atoms with Crippen molar-refractivity contribution < 1.29 is 5.21 Å². The van der Waals surface area contributed by atoms with Crippen LogP contribution in [0.3, 0.4) is 0 Å². The lowest BCUT2D eigenvalue weighted by molar-refractivity contribution is 0.313. The number of hydrogen-bond acceptors (Lipinski definition) is 3. The molecule has 92 valence electrons. The van der Waals surface area contributed by atoms with Crippen molar-refractivity contribution in [3.05, 3.63) is 35.4 Å². The predicted molar refractivity (Wildman–Crippen MR) is 68.0 cm³/mol. The molecule has 0 aliphatic heterocycles. The Bertz CT molecular complexity index is 413. The van der Waals surface area contributed by atoms with Crippen molar-refractivity contribution in [2.75, 3.05) is 13.6 Å². The van der Waals surface area contributed by atoms with Crippen molar-refractivity contribution in [2.24, 2.45) is 16.8 Å². The summed E-state index contributed by atoms with van der Waals surface area (Å²) in [6.07, 6.45) is 2.74. The van der Waals surface area contributed by atoms with Crippen molar-refractivity contribution in [3.8, 4) is 0 Å². The highest BCUT2D eigenvalue weighted by Crippen LogP contribution is 2.29. The summed E-state index contributed by atoms with van der Waals surface area (Å²) in [5.74, 6) is 1.06. The molecule has 4 nitrogen and oxygen atoms in total. The summed E-state index contributed by atoms with van der Waals surface area (Å²) < 4.78 is 0. The fraction of sp³-hybridized carbons (Fsp3) is 0.462. The van der Waals surface area contributed by atoms with Crippen molar-refractivity contribution >= 4 is 5.84 Å². The third-order valence-electron chi connectivity index (χ3n) is 3.05. The SMILES string of the molecule is CN(Cc1cccc(/C(N)=N/O)c1)CC1CC1. The third-order valence-corrected chi connectivity index (χ3v) is 3.05. The Morgan fingerprint density at radius 2 is 2.29 bits per heavy atom. The Labute approximate surface area is 102 Å². The molecule has 1 aliphatic carbocycles. The van der Waals surface area contributed by atoms with E-state index in [1.54, 1.807) is 0 Å². The lowest BCUT2D eigenvalue weighted by Gasteiger charge is -2.16. The second-order valence-electron chi connectivity index (χ2n) is 4.83. The Balaban J connectivity index is 1.99. The van der Waals surface area contributed by atoms with E-state index in [2.05, 4.69) is 23.2 Å². The van der Waals surface area contributed by atoms with Crippen LogP contribution in [-0.4, -0.2) is 29.5 Å². The van der Waals surface area contributed by atoms with Crippen LogP contribution >= 0.6 is 0 Å². The van der Waals surface area contributed by atoms with Gasteiger partial charge in [-0.05, 0) is 37.4 Å². The number of rotatable bonds is 5. The van der Waals surface area contributed by atoms with E-state index in [1.807, 2.05) is 18.2 Å². The molecule has 0 heterocycles. The molecule has 0 unspecified atom stereocenters. The van der Waals surface area contributed by atoms with Gasteiger partial charge in [-0.25, -0.2) is 0 Å². The Morgan fingerprint density at radius 1 is 1.53 bits per heavy atom. The van der Waals surface area contributed by atoms with E-state index in [4.69, 9.17) is 10.9 Å². The van der Waals surface area contributed by atoms with E-state index in [0.717, 1.165) is 24.6 Å². The summed E-state index contributed by atoms with van der Waals surface area (Å²) in [4.78, 5) is 2.32. The van der Waals surface area contributed by atoms with Crippen LogP contribution in [0, 0.1) is 5.92 Å². The molecular formula is C13H19N3O. The quantitative estimate of drug-likeness (QED) is 0.351. The number of hydrogen-bond donors (Lipinski definition) is 2. The second kappa shape index (κ2) is 5.19. The Hall–Kier alpha value is -1.55. The van der Waals surface area contributed by atoms with Crippen LogP contribution in [0.1, 0.15) is 24.0 Å². The highest BCUT2D eigenvalue weighted by Gasteiger charge is 2.22. The Kier molecular flexibility index (Phi) is 3.64. The van der Waals surface area contributed by atoms with Crippen molar-refractivity contribution in [2.45, 2.75) is 19.4 Å². The van der Waals surface area contributed by atoms with Crippen LogP contribution in [-0.2, 0) is 6.54 Å². The second-order valence-corrected chi connectivity index (χ2v) is 4.83. The summed E-state index contributed by atoms with van der Waals surface area (Å²) in [7, 11) is 2.13. The molecule has 0 radical (unpaired) electrons. The Morgan fingerprint density at radius 3 is 2.94 bits per heavy atom. The average Bonchev–Trinajstić information content (AvgIpc) is 3.12. The van der Waals surface area contributed by atoms with Crippen molar-refractivity contribution in [1.29, 1.82) is 0 Å². The molecule has 1 aliphatic rings. The van der Waals surface area contributed by atoms with Gasteiger partial charge in [0.15, 0.2) is 5.84 Å². The van der Waals surface area contributed by atoms with Crippen LogP contribution < -0.4 is 5.73 Å². The van der Waals surface area contributed by atoms with E-state index >= 15 is 0 Å². The summed E-state index contributed by atoms with van der Waals surface area (Å²) in [5, 5.41) is 11.7. The maximum absolute atomic E-state index is 8.64. The molecule has 1 aromatic carbocycles. The number of benzene rings is 1. The van der Waals surface area contributed by atoms with Gasteiger partial charge in [-0.15, -0.1) is 0 Å². The minimum atomic E-state index is 0.164. The van der Waals surface area contributed by atoms with Gasteiger partial charge in [0.25, 0.3) is 0 Å². The molecule has 4 heteroatoms. The van der Waals surface area contributed by atoms with E-state index in [1.165, 1.54) is 18.4 Å². The lowest BCUT2D eigenvalue weighted by atomic mass is 10.1. The number of amidine groups is 1. The topological polar surface area (TPSA) is 61.8 Å². The van der Waals surface area contributed by atoms with Gasteiger partial charge in [-0.1, -0.05) is 23.4 Å². The molecular weight excluding hydrogens is 214 g/mol. The van der Waals surface area contributed by atoms with Crippen molar-refractivity contribution in [1.82, 2.24) is 4.90 Å². The monoisotopic (exact) mass is 233 g/mol. The molecule has 17 heavy (non-hydrogen) atoms. The summed E-state index contributed by atoms with van der Waals surface area (Å²) >= 11 is 0. The zero-order valence-corrected chi connectivity index (χ0v) is 10.1. The summed E-state index contributed by atoms with van der Waals surface area (Å²) in [5.41, 5.74) is 7.53. The molecule has 2 rings (SSSR count). The first kappa shape index (κ1) is 11.9. The molecule has 1 saturated carbocycles. The minimum Gasteiger partial charge on any atom is -0.409 e. The van der Waals surface area contributed by atoms with E-state index < -0.39 is 0 Å². The predicted octanol–water partition coefficient (Wildman–Crippen LogP) is 1.62. The molecule has 1 fully saturated rings. The van der Waals surface area contributed by atoms with Gasteiger partial charge in [0, 0.05) is 18.7 Å². The van der Waals surface area contributed by atoms with Gasteiger partial charge >= 0.3 is 0 Å². The highest BCUT2D eigenvalue weighted by atomic mass is 16.4. The third kappa shape index (κ3) is 3.46. The number of nitrogens with zero attached hydrogens (tertiary/aromatic N) is 2. The molecule has 0 aromatic heterocycles. The first-order valence-electron chi connectivity index (χ1n) is 5.94. The largest absolute Gasteiger partial charge is 0.409 e. The fourth-order valence-corrected chi connectivity index (χ4v) is 2.00. The molecule has 0 bridgehead atoms. The van der Waals surface area contributed by atoms with Gasteiger partial charge in [-0.2, -0.15) is 0 Å². The summed E-state index contributed by atoms with van der Waals surface area (Å²) in [6.45, 7) is 2.07. The zero-order valence-electron chi connectivity index (χ0n) is 10.1. The van der Waals surface area contributed by atoms with E-state index in [9.17, 15) is 0 Å². The zero-order chi connectivity index (χ0) is 12.3. The van der Waals surface area contributed by atoms with Gasteiger partial charge in [0.2, 0.25) is 0 Å². The number of oxime groups is 1. The maximum Gasteiger partial charge on any atom is 0.170 e. The van der Waals surface area contributed by atoms with Gasteiger partial charge in [0.05, 0.1) is 0 Å². The van der Waals surface area contributed by atoms with Crippen molar-refractivity contribution in [3.63, 3.8) is 0 Å². The first-order chi connectivity index (χ1) is 8.19. The maximum atomic E-state index is 8.64. The number of nitrogens with two attached hydrogens (primary N) is 1. The standard InChI is InChI=1S/C13H19N3O/c1-16(8-10-5-6-10)9-11-3-2-4-12(7-11)13(14)15-17/h2-4,7,10,17H,5-6,8-9H2,1H3,(H2,14,15). The molecule has 0 amide bonds. The molecule has 1 aromatic rings. The van der Waals surface area contributed by atoms with Gasteiger partial charge in [0.1, 0.15) is 0 Å². The molecule has 0 saturated heterocycles. The lowest BCUT2D eigenvalue weighted by Crippen LogP contribution is -2.21. The average molecular weight is 233 g/mol. The van der Waals surface area contributed by atoms with Gasteiger partial charge < -0.3 is 15.8 Å². The van der Waals surface area contributed by atoms with Crippen LogP contribution in [0.4, 0.5) is 0 Å². The van der Waals surface area contributed by atoms with Crippen LogP contribution in [0.25, 0.3) is 0 Å². The van der Waals surface area contributed by atoms with E-state index in [-0.39, 0.29) is 5.84 Å². The minimum absolute atomic E-state index is 0.164.